The molecule has 3 heterocycles. The minimum Gasteiger partial charge on any atom is -0.496 e. The van der Waals surface area contributed by atoms with Crippen molar-refractivity contribution in [1.29, 1.82) is 0 Å². The van der Waals surface area contributed by atoms with E-state index in [1.54, 1.807) is 13.2 Å². The molecule has 1 saturated heterocycles. The second-order valence-corrected chi connectivity index (χ2v) is 8.15. The van der Waals surface area contributed by atoms with Gasteiger partial charge in [0.25, 0.3) is 5.91 Å². The molecule has 2 aromatic heterocycles. The fourth-order valence-electron chi connectivity index (χ4n) is 4.15. The van der Waals surface area contributed by atoms with Crippen LogP contribution in [0.5, 0.6) is 5.75 Å². The van der Waals surface area contributed by atoms with E-state index in [0.29, 0.717) is 28.5 Å². The van der Waals surface area contributed by atoms with Crippen LogP contribution in [0, 0.1) is 5.82 Å². The number of hydrogen-bond donors (Lipinski definition) is 0. The number of aromatic nitrogens is 2. The Morgan fingerprint density at radius 2 is 2.10 bits per heavy atom. The number of hydrogen-bond acceptors (Lipinski definition) is 4. The van der Waals surface area contributed by atoms with E-state index >= 15 is 0 Å². The number of thiazole rings is 1. The van der Waals surface area contributed by atoms with E-state index in [1.807, 2.05) is 51.2 Å². The van der Waals surface area contributed by atoms with Gasteiger partial charge in [-0.25, -0.2) is 9.37 Å². The van der Waals surface area contributed by atoms with Crippen molar-refractivity contribution < 1.29 is 13.9 Å². The number of methoxy groups -OCH3 is 1. The molecule has 1 amide bonds. The van der Waals surface area contributed by atoms with Crippen LogP contribution in [0.4, 0.5) is 4.39 Å². The summed E-state index contributed by atoms with van der Waals surface area (Å²) in [7, 11) is 1.65. The Labute approximate surface area is 177 Å². The third-order valence-corrected chi connectivity index (χ3v) is 6.40. The number of fused-ring (bicyclic) bond motifs is 1. The molecule has 5 nitrogen and oxygen atoms in total. The minimum absolute atomic E-state index is 0.0187. The van der Waals surface area contributed by atoms with Crippen molar-refractivity contribution in [2.24, 2.45) is 0 Å². The standard InChI is InChI=1S/C23H20FN3O2S/c1-29-21-10-3-2-8-17(21)19-9-5-11-26(19)22(28)20-14-30-23-25-18(13-27(20)23)15-6-4-7-16(24)12-15/h2-4,6-8,10,12-14,19H,5,9,11H2,1H3/t19-/m1/s1. The van der Waals surface area contributed by atoms with E-state index in [2.05, 4.69) is 4.98 Å². The third-order valence-electron chi connectivity index (χ3n) is 5.56. The number of likely N-dealkylation sites (tertiary alicyclic amines) is 1. The molecule has 30 heavy (non-hydrogen) atoms. The number of carbonyl (C=O) groups is 1. The lowest BCUT2D eigenvalue weighted by Gasteiger charge is -2.26. The number of benzene rings is 2. The molecule has 7 heteroatoms. The summed E-state index contributed by atoms with van der Waals surface area (Å²) in [5.41, 5.74) is 2.95. The van der Waals surface area contributed by atoms with Crippen molar-refractivity contribution in [3.05, 3.63) is 77.2 Å². The number of nitrogens with zero attached hydrogens (tertiary/aromatic N) is 3. The Hall–Kier alpha value is -3.19. The molecular weight excluding hydrogens is 401 g/mol. The first-order chi connectivity index (χ1) is 14.7. The zero-order chi connectivity index (χ0) is 20.7. The second kappa shape index (κ2) is 7.57. The van der Waals surface area contributed by atoms with Gasteiger partial charge in [-0.1, -0.05) is 30.3 Å². The first-order valence-corrected chi connectivity index (χ1v) is 10.7. The molecule has 1 aliphatic rings. The summed E-state index contributed by atoms with van der Waals surface area (Å²) in [6.45, 7) is 0.699. The molecule has 1 atom stereocenters. The van der Waals surface area contributed by atoms with Gasteiger partial charge in [-0.2, -0.15) is 0 Å². The molecule has 0 radical (unpaired) electrons. The first kappa shape index (κ1) is 18.8. The predicted octanol–water partition coefficient (Wildman–Crippen LogP) is 5.19. The molecule has 4 aromatic rings. The smallest absolute Gasteiger partial charge is 0.272 e. The molecule has 0 N–H and O–H groups in total. The second-order valence-electron chi connectivity index (χ2n) is 7.31. The van der Waals surface area contributed by atoms with Gasteiger partial charge in [-0.3, -0.25) is 9.20 Å². The van der Waals surface area contributed by atoms with Crippen LogP contribution < -0.4 is 4.74 Å². The van der Waals surface area contributed by atoms with Gasteiger partial charge in [-0.15, -0.1) is 11.3 Å². The third kappa shape index (κ3) is 3.15. The lowest BCUT2D eigenvalue weighted by atomic mass is 10.0. The highest BCUT2D eigenvalue weighted by Crippen LogP contribution is 2.38. The van der Waals surface area contributed by atoms with Crippen molar-refractivity contribution in [1.82, 2.24) is 14.3 Å². The van der Waals surface area contributed by atoms with Crippen LogP contribution in [0.2, 0.25) is 0 Å². The van der Waals surface area contributed by atoms with Gasteiger partial charge in [0.15, 0.2) is 4.96 Å². The molecular formula is C23H20FN3O2S. The molecule has 152 valence electrons. The fraction of sp³-hybridized carbons (Fsp3) is 0.217. The van der Waals surface area contributed by atoms with Crippen LogP contribution in [-0.2, 0) is 0 Å². The maximum Gasteiger partial charge on any atom is 0.272 e. The summed E-state index contributed by atoms with van der Waals surface area (Å²) in [5.74, 6) is 0.461. The lowest BCUT2D eigenvalue weighted by Crippen LogP contribution is -2.31. The lowest BCUT2D eigenvalue weighted by molar-refractivity contribution is 0.0727. The van der Waals surface area contributed by atoms with Crippen LogP contribution >= 0.6 is 11.3 Å². The van der Waals surface area contributed by atoms with E-state index in [4.69, 9.17) is 4.74 Å². The molecule has 0 aliphatic carbocycles. The number of para-hydroxylation sites is 1. The average molecular weight is 421 g/mol. The van der Waals surface area contributed by atoms with Crippen LogP contribution in [0.1, 0.15) is 34.9 Å². The first-order valence-electron chi connectivity index (χ1n) is 9.82. The Kier molecular flexibility index (Phi) is 4.75. The van der Waals surface area contributed by atoms with Gasteiger partial charge in [-0.05, 0) is 31.0 Å². The van der Waals surface area contributed by atoms with E-state index in [0.717, 1.165) is 24.2 Å². The molecule has 1 aliphatic heterocycles. The van der Waals surface area contributed by atoms with Gasteiger partial charge in [0.2, 0.25) is 0 Å². The molecule has 2 aromatic carbocycles. The molecule has 0 saturated carbocycles. The fourth-order valence-corrected chi connectivity index (χ4v) is 4.99. The normalized spacial score (nSPS) is 16.3. The average Bonchev–Trinajstić information content (AvgIpc) is 3.48. The highest BCUT2D eigenvalue weighted by Gasteiger charge is 2.33. The number of carbonyl (C=O) groups excluding carboxylic acids is 1. The predicted molar refractivity (Wildman–Crippen MR) is 114 cm³/mol. The van der Waals surface area contributed by atoms with E-state index in [-0.39, 0.29) is 17.8 Å². The monoisotopic (exact) mass is 421 g/mol. The maximum atomic E-state index is 13.6. The van der Waals surface area contributed by atoms with Gasteiger partial charge in [0, 0.05) is 29.2 Å². The van der Waals surface area contributed by atoms with Crippen molar-refractivity contribution in [2.75, 3.05) is 13.7 Å². The van der Waals surface area contributed by atoms with Crippen molar-refractivity contribution in [3.8, 4) is 17.0 Å². The van der Waals surface area contributed by atoms with Crippen molar-refractivity contribution >= 4 is 22.2 Å². The van der Waals surface area contributed by atoms with E-state index in [9.17, 15) is 9.18 Å². The quantitative estimate of drug-likeness (QED) is 0.456. The van der Waals surface area contributed by atoms with Crippen LogP contribution in [0.25, 0.3) is 16.2 Å². The number of halogens is 1. The minimum atomic E-state index is -0.308. The van der Waals surface area contributed by atoms with Crippen molar-refractivity contribution in [2.45, 2.75) is 18.9 Å². The highest BCUT2D eigenvalue weighted by atomic mass is 32.1. The summed E-state index contributed by atoms with van der Waals surface area (Å²) < 4.78 is 20.9. The van der Waals surface area contributed by atoms with Crippen LogP contribution in [0.15, 0.2) is 60.1 Å². The number of imidazole rings is 1. The number of ether oxygens (including phenoxy) is 1. The van der Waals surface area contributed by atoms with E-state index in [1.165, 1.54) is 23.5 Å². The Bertz CT molecular complexity index is 1230. The maximum absolute atomic E-state index is 13.6. The topological polar surface area (TPSA) is 46.8 Å². The SMILES string of the molecule is COc1ccccc1[C@H]1CCCN1C(=O)c1csc2nc(-c3cccc(F)c3)cn12. The summed E-state index contributed by atoms with van der Waals surface area (Å²) in [6.07, 6.45) is 3.65. The molecule has 5 rings (SSSR count). The molecule has 1 fully saturated rings. The Morgan fingerprint density at radius 3 is 2.93 bits per heavy atom. The van der Waals surface area contributed by atoms with Crippen molar-refractivity contribution in [3.63, 3.8) is 0 Å². The van der Waals surface area contributed by atoms with Crippen LogP contribution in [-0.4, -0.2) is 33.8 Å². The summed E-state index contributed by atoms with van der Waals surface area (Å²) >= 11 is 1.41. The molecule has 0 unspecified atom stereocenters. The zero-order valence-electron chi connectivity index (χ0n) is 16.4. The summed E-state index contributed by atoms with van der Waals surface area (Å²) in [5, 5.41) is 1.84. The zero-order valence-corrected chi connectivity index (χ0v) is 17.2. The largest absolute Gasteiger partial charge is 0.496 e. The Morgan fingerprint density at radius 1 is 1.23 bits per heavy atom. The Balaban J connectivity index is 1.50. The van der Waals surface area contributed by atoms with Crippen LogP contribution in [0.3, 0.4) is 0 Å². The van der Waals surface area contributed by atoms with E-state index < -0.39 is 0 Å². The number of rotatable bonds is 4. The summed E-state index contributed by atoms with van der Waals surface area (Å²) in [6, 6.07) is 14.2. The van der Waals surface area contributed by atoms with Gasteiger partial charge < -0.3 is 9.64 Å². The van der Waals surface area contributed by atoms with Gasteiger partial charge in [0.1, 0.15) is 17.3 Å². The molecule has 0 bridgehead atoms. The number of amides is 1. The van der Waals surface area contributed by atoms with Gasteiger partial charge in [0.05, 0.1) is 18.8 Å². The van der Waals surface area contributed by atoms with Gasteiger partial charge >= 0.3 is 0 Å². The highest BCUT2D eigenvalue weighted by molar-refractivity contribution is 7.15. The molecule has 0 spiro atoms. The summed E-state index contributed by atoms with van der Waals surface area (Å²) in [4.78, 5) is 20.7.